The lowest BCUT2D eigenvalue weighted by Crippen LogP contribution is -2.30. The van der Waals surface area contributed by atoms with Crippen LogP contribution >= 0.6 is 0 Å². The Hall–Kier alpha value is -3.03. The van der Waals surface area contributed by atoms with Crippen molar-refractivity contribution in [1.82, 2.24) is 0 Å². The Labute approximate surface area is 141 Å². The largest absolute Gasteiger partial charge is 0.481 e. The minimum absolute atomic E-state index is 0.267. The lowest BCUT2D eigenvalue weighted by atomic mass is 10.2. The third kappa shape index (κ3) is 4.72. The first-order chi connectivity index (χ1) is 11.8. The van der Waals surface area contributed by atoms with Gasteiger partial charge in [-0.25, -0.2) is 13.2 Å². The fourth-order valence-corrected chi connectivity index (χ4v) is 1.96. The highest BCUT2D eigenvalue weighted by Crippen LogP contribution is 2.21. The first-order valence-electron chi connectivity index (χ1n) is 7.26. The number of carbonyl (C=O) groups excluding carboxylic acids is 2. The molecule has 0 unspecified atom stereocenters. The molecule has 2 N–H and O–H groups in total. The maximum atomic E-state index is 13.6. The minimum Gasteiger partial charge on any atom is -0.481 e. The van der Waals surface area contributed by atoms with E-state index in [1.165, 1.54) is 19.9 Å². The van der Waals surface area contributed by atoms with Crippen molar-refractivity contribution in [2.24, 2.45) is 0 Å². The van der Waals surface area contributed by atoms with Crippen molar-refractivity contribution in [2.45, 2.75) is 20.0 Å². The first-order valence-corrected chi connectivity index (χ1v) is 7.26. The number of carbonyl (C=O) groups is 2. The lowest BCUT2D eigenvalue weighted by Gasteiger charge is -2.16. The van der Waals surface area contributed by atoms with Crippen LogP contribution in [0.1, 0.15) is 13.8 Å². The molecule has 132 valence electrons. The first kappa shape index (κ1) is 18.3. The third-order valence-corrected chi connectivity index (χ3v) is 3.13. The number of ether oxygens (including phenoxy) is 1. The summed E-state index contributed by atoms with van der Waals surface area (Å²) in [6.45, 7) is 2.75. The van der Waals surface area contributed by atoms with Crippen LogP contribution in [0.25, 0.3) is 0 Å². The molecule has 0 saturated carbocycles. The second kappa shape index (κ2) is 7.69. The quantitative estimate of drug-likeness (QED) is 0.810. The Morgan fingerprint density at radius 2 is 1.76 bits per heavy atom. The van der Waals surface area contributed by atoms with Gasteiger partial charge in [0.2, 0.25) is 5.91 Å². The molecule has 2 aromatic rings. The number of nitrogens with one attached hydrogen (secondary N) is 2. The van der Waals surface area contributed by atoms with Crippen LogP contribution in [-0.2, 0) is 9.59 Å². The molecule has 0 aliphatic rings. The van der Waals surface area contributed by atoms with Crippen LogP contribution in [0.2, 0.25) is 0 Å². The predicted octanol–water partition coefficient (Wildman–Crippen LogP) is 3.47. The summed E-state index contributed by atoms with van der Waals surface area (Å²) < 4.78 is 45.0. The number of halogens is 3. The van der Waals surface area contributed by atoms with Crippen molar-refractivity contribution < 1.29 is 27.5 Å². The summed E-state index contributed by atoms with van der Waals surface area (Å²) in [5, 5.41) is 4.69. The normalized spacial score (nSPS) is 11.6. The van der Waals surface area contributed by atoms with E-state index >= 15 is 0 Å². The van der Waals surface area contributed by atoms with Crippen LogP contribution in [0, 0.1) is 17.5 Å². The number of amides is 2. The van der Waals surface area contributed by atoms with Crippen LogP contribution in [-0.4, -0.2) is 17.9 Å². The summed E-state index contributed by atoms with van der Waals surface area (Å²) in [6.07, 6.45) is -1.06. The van der Waals surface area contributed by atoms with Gasteiger partial charge in [0.1, 0.15) is 5.75 Å². The van der Waals surface area contributed by atoms with Gasteiger partial charge in [0.15, 0.2) is 23.6 Å². The summed E-state index contributed by atoms with van der Waals surface area (Å²) in [7, 11) is 0. The zero-order chi connectivity index (χ0) is 18.6. The maximum Gasteiger partial charge on any atom is 0.265 e. The number of benzene rings is 2. The molecule has 0 radical (unpaired) electrons. The van der Waals surface area contributed by atoms with Crippen LogP contribution in [0.3, 0.4) is 0 Å². The molecule has 0 saturated heterocycles. The molecule has 0 bridgehead atoms. The molecule has 2 amide bonds. The van der Waals surface area contributed by atoms with Crippen molar-refractivity contribution in [1.29, 1.82) is 0 Å². The highest BCUT2D eigenvalue weighted by molar-refractivity contribution is 5.94. The lowest BCUT2D eigenvalue weighted by molar-refractivity contribution is -0.122. The number of rotatable bonds is 5. The van der Waals surface area contributed by atoms with Crippen molar-refractivity contribution in [3.8, 4) is 5.75 Å². The molecule has 1 atom stereocenters. The molecule has 0 aromatic heterocycles. The van der Waals surface area contributed by atoms with Gasteiger partial charge in [-0.2, -0.15) is 0 Å². The third-order valence-electron chi connectivity index (χ3n) is 3.13. The second-order valence-electron chi connectivity index (χ2n) is 5.18. The molecule has 25 heavy (non-hydrogen) atoms. The predicted molar refractivity (Wildman–Crippen MR) is 85.8 cm³/mol. The molecule has 0 fully saturated rings. The highest BCUT2D eigenvalue weighted by Gasteiger charge is 2.19. The Kier molecular flexibility index (Phi) is 5.63. The van der Waals surface area contributed by atoms with Crippen molar-refractivity contribution in [3.63, 3.8) is 0 Å². The van der Waals surface area contributed by atoms with E-state index in [4.69, 9.17) is 4.74 Å². The van der Waals surface area contributed by atoms with Crippen molar-refractivity contribution in [2.75, 3.05) is 10.6 Å². The van der Waals surface area contributed by atoms with E-state index < -0.39 is 35.2 Å². The van der Waals surface area contributed by atoms with E-state index in [0.29, 0.717) is 17.5 Å². The van der Waals surface area contributed by atoms with E-state index in [2.05, 4.69) is 10.6 Å². The minimum atomic E-state index is -1.67. The van der Waals surface area contributed by atoms with Gasteiger partial charge in [-0.05, 0) is 31.2 Å². The van der Waals surface area contributed by atoms with Gasteiger partial charge >= 0.3 is 0 Å². The molecule has 2 aromatic carbocycles. The Morgan fingerprint density at radius 1 is 1.04 bits per heavy atom. The Balaban J connectivity index is 2.06. The average Bonchev–Trinajstić information content (AvgIpc) is 2.55. The van der Waals surface area contributed by atoms with Gasteiger partial charge in [-0.15, -0.1) is 0 Å². The second-order valence-corrected chi connectivity index (χ2v) is 5.18. The van der Waals surface area contributed by atoms with Gasteiger partial charge < -0.3 is 15.4 Å². The molecular formula is C17H15F3N2O3. The van der Waals surface area contributed by atoms with Crippen LogP contribution in [0.4, 0.5) is 24.5 Å². The van der Waals surface area contributed by atoms with E-state index in [1.807, 2.05) is 0 Å². The van der Waals surface area contributed by atoms with E-state index in [0.717, 1.165) is 6.07 Å². The van der Waals surface area contributed by atoms with E-state index in [1.54, 1.807) is 18.2 Å². The summed E-state index contributed by atoms with van der Waals surface area (Å²) in [5.74, 6) is -5.25. The molecule has 0 spiro atoms. The topological polar surface area (TPSA) is 67.4 Å². The molecule has 0 heterocycles. The Morgan fingerprint density at radius 3 is 2.44 bits per heavy atom. The fourth-order valence-electron chi connectivity index (χ4n) is 1.96. The van der Waals surface area contributed by atoms with E-state index in [9.17, 15) is 22.8 Å². The highest BCUT2D eigenvalue weighted by atomic mass is 19.2. The maximum absolute atomic E-state index is 13.6. The van der Waals surface area contributed by atoms with Gasteiger partial charge in [-0.1, -0.05) is 6.07 Å². The zero-order valence-electron chi connectivity index (χ0n) is 13.4. The van der Waals surface area contributed by atoms with Crippen LogP contribution < -0.4 is 15.4 Å². The van der Waals surface area contributed by atoms with Gasteiger partial charge in [0, 0.05) is 18.7 Å². The van der Waals surface area contributed by atoms with E-state index in [-0.39, 0.29) is 5.91 Å². The summed E-state index contributed by atoms with van der Waals surface area (Å²) in [6, 6.07) is 7.93. The van der Waals surface area contributed by atoms with Gasteiger partial charge in [0.05, 0.1) is 5.69 Å². The molecular weight excluding hydrogens is 337 g/mol. The number of anilines is 2. The van der Waals surface area contributed by atoms with Crippen LogP contribution in [0.5, 0.6) is 5.75 Å². The fraction of sp³-hybridized carbons (Fsp3) is 0.176. The summed E-state index contributed by atoms with van der Waals surface area (Å²) in [4.78, 5) is 23.1. The zero-order valence-corrected chi connectivity index (χ0v) is 13.4. The number of hydrogen-bond donors (Lipinski definition) is 2. The van der Waals surface area contributed by atoms with Gasteiger partial charge in [0.25, 0.3) is 5.91 Å². The molecule has 2 rings (SSSR count). The van der Waals surface area contributed by atoms with Crippen LogP contribution in [0.15, 0.2) is 36.4 Å². The molecule has 8 heteroatoms. The molecule has 5 nitrogen and oxygen atoms in total. The summed E-state index contributed by atoms with van der Waals surface area (Å²) in [5.41, 5.74) is -0.0180. The Bertz CT molecular complexity index is 812. The van der Waals surface area contributed by atoms with Crippen molar-refractivity contribution in [3.05, 3.63) is 53.8 Å². The summed E-state index contributed by atoms with van der Waals surface area (Å²) >= 11 is 0. The smallest absolute Gasteiger partial charge is 0.265 e. The molecule has 0 aliphatic heterocycles. The number of hydrogen-bond acceptors (Lipinski definition) is 3. The molecule has 0 aliphatic carbocycles. The standard InChI is InChI=1S/C17H15F3N2O3/c1-9(25-12-5-3-4-11(8-12)21-10(2)23)17(24)22-14-7-6-13(18)15(19)16(14)20/h3-9H,1-2H3,(H,21,23)(H,22,24)/t9-/m0/s1. The SMILES string of the molecule is CC(=O)Nc1cccc(O[C@@H](C)C(=O)Nc2ccc(F)c(F)c2F)c1. The average molecular weight is 352 g/mol. The van der Waals surface area contributed by atoms with Gasteiger partial charge in [-0.3, -0.25) is 9.59 Å². The van der Waals surface area contributed by atoms with Crippen molar-refractivity contribution >= 4 is 23.2 Å². The monoisotopic (exact) mass is 352 g/mol.